The monoisotopic (exact) mass is 213 g/mol. The second-order valence-corrected chi connectivity index (χ2v) is 4.51. The average Bonchev–Trinajstić information content (AvgIpc) is 2.70. The van der Waals surface area contributed by atoms with Crippen molar-refractivity contribution in [3.05, 3.63) is 12.7 Å². The third-order valence-electron chi connectivity index (χ3n) is 2.43. The van der Waals surface area contributed by atoms with Crippen LogP contribution in [0.2, 0.25) is 0 Å². The van der Waals surface area contributed by atoms with Gasteiger partial charge in [-0.05, 0) is 45.3 Å². The molecule has 1 aliphatic heterocycles. The maximum Gasteiger partial charge on any atom is -0.00213 e. The molecule has 1 saturated heterocycles. The van der Waals surface area contributed by atoms with E-state index < -0.39 is 0 Å². The van der Waals surface area contributed by atoms with E-state index in [1.165, 1.54) is 32.4 Å². The Morgan fingerprint density at radius 3 is 1.60 bits per heavy atom. The van der Waals surface area contributed by atoms with Gasteiger partial charge in [-0.1, -0.05) is 40.2 Å². The highest BCUT2D eigenvalue weighted by Gasteiger charge is 2.03. The molecule has 0 atom stereocenters. The summed E-state index contributed by atoms with van der Waals surface area (Å²) in [6, 6.07) is 0. The lowest BCUT2D eigenvalue weighted by molar-refractivity contribution is 0.418. The predicted octanol–water partition coefficient (Wildman–Crippen LogP) is 4.35. The Labute approximate surface area is 97.6 Å². The molecule has 0 saturated carbocycles. The first-order valence-electron chi connectivity index (χ1n) is 6.37. The molecule has 0 bridgehead atoms. The van der Waals surface area contributed by atoms with Crippen LogP contribution in [0.1, 0.15) is 53.4 Å². The quantitative estimate of drug-likeness (QED) is 0.617. The molecule has 1 rings (SSSR count). The van der Waals surface area contributed by atoms with E-state index in [1.54, 1.807) is 0 Å². The number of hydrogen-bond donors (Lipinski definition) is 0. The zero-order chi connectivity index (χ0) is 12.1. The molecule has 0 amide bonds. The van der Waals surface area contributed by atoms with Crippen LogP contribution in [0.3, 0.4) is 0 Å². The number of rotatable bonds is 2. The first kappa shape index (κ1) is 17.1. The van der Waals surface area contributed by atoms with E-state index in [0.29, 0.717) is 0 Å². The normalized spacial score (nSPS) is 15.1. The van der Waals surface area contributed by atoms with Crippen LogP contribution in [-0.4, -0.2) is 25.0 Å². The zero-order valence-electron chi connectivity index (χ0n) is 11.6. The van der Waals surface area contributed by atoms with Gasteiger partial charge in [-0.3, -0.25) is 0 Å². The van der Waals surface area contributed by atoms with Crippen molar-refractivity contribution in [2.24, 2.45) is 5.92 Å². The molecule has 92 valence electrons. The first-order chi connectivity index (χ1) is 7.08. The molecule has 1 nitrogen and oxygen atoms in total. The van der Waals surface area contributed by atoms with Crippen molar-refractivity contribution in [3.63, 3.8) is 0 Å². The lowest BCUT2D eigenvalue weighted by Crippen LogP contribution is -2.10. The van der Waals surface area contributed by atoms with Crippen molar-refractivity contribution < 1.29 is 0 Å². The zero-order valence-corrected chi connectivity index (χ0v) is 11.6. The summed E-state index contributed by atoms with van der Waals surface area (Å²) in [5, 5.41) is 0. The molecule has 0 aliphatic carbocycles. The summed E-state index contributed by atoms with van der Waals surface area (Å²) >= 11 is 0. The van der Waals surface area contributed by atoms with Crippen LogP contribution in [0.5, 0.6) is 0 Å². The van der Waals surface area contributed by atoms with Crippen LogP contribution >= 0.6 is 0 Å². The highest BCUT2D eigenvalue weighted by atomic mass is 15.1. The first-order valence-corrected chi connectivity index (χ1v) is 6.37. The van der Waals surface area contributed by atoms with Crippen molar-refractivity contribution >= 4 is 0 Å². The molecule has 0 aromatic heterocycles. The Morgan fingerprint density at radius 2 is 1.53 bits per heavy atom. The van der Waals surface area contributed by atoms with Crippen molar-refractivity contribution in [2.75, 3.05) is 20.1 Å². The molecular weight excluding hydrogens is 182 g/mol. The van der Waals surface area contributed by atoms with E-state index in [-0.39, 0.29) is 0 Å². The minimum absolute atomic E-state index is 0.884. The Kier molecular flexibility index (Phi) is 15.6. The number of nitrogens with zero attached hydrogens (tertiary/aromatic N) is 1. The van der Waals surface area contributed by atoms with Crippen LogP contribution in [0.15, 0.2) is 12.7 Å². The molecule has 0 N–H and O–H groups in total. The van der Waals surface area contributed by atoms with Crippen LogP contribution in [0, 0.1) is 5.92 Å². The molecule has 1 fully saturated rings. The van der Waals surface area contributed by atoms with Gasteiger partial charge in [-0.2, -0.15) is 0 Å². The molecule has 0 spiro atoms. The minimum atomic E-state index is 0.884. The molecule has 1 heteroatoms. The van der Waals surface area contributed by atoms with E-state index in [9.17, 15) is 0 Å². The minimum Gasteiger partial charge on any atom is -0.306 e. The lowest BCUT2D eigenvalue weighted by Gasteiger charge is -2.01. The molecule has 0 radical (unpaired) electrons. The fraction of sp³-hybridized carbons (Fsp3) is 0.857. The van der Waals surface area contributed by atoms with E-state index in [0.717, 1.165) is 12.3 Å². The predicted molar refractivity (Wildman–Crippen MR) is 72.3 cm³/mol. The van der Waals surface area contributed by atoms with Crippen LogP contribution in [0.4, 0.5) is 0 Å². The largest absolute Gasteiger partial charge is 0.306 e. The average molecular weight is 213 g/mol. The second-order valence-electron chi connectivity index (χ2n) is 4.51. The Bertz CT molecular complexity index is 113. The number of likely N-dealkylation sites (tertiary alicyclic amines) is 1. The fourth-order valence-corrected chi connectivity index (χ4v) is 0.875. The van der Waals surface area contributed by atoms with Gasteiger partial charge in [0.15, 0.2) is 0 Å². The molecule has 0 aromatic rings. The molecule has 15 heavy (non-hydrogen) atoms. The van der Waals surface area contributed by atoms with Gasteiger partial charge < -0.3 is 4.90 Å². The van der Waals surface area contributed by atoms with Crippen LogP contribution < -0.4 is 0 Å². The number of hydrogen-bond acceptors (Lipinski definition) is 1. The summed E-state index contributed by atoms with van der Waals surface area (Å²) in [5.41, 5.74) is 0. The molecular formula is C14H31N. The summed E-state index contributed by atoms with van der Waals surface area (Å²) < 4.78 is 0. The summed E-state index contributed by atoms with van der Waals surface area (Å²) in [6.07, 6.45) is 7.09. The van der Waals surface area contributed by atoms with Crippen LogP contribution in [0.25, 0.3) is 0 Å². The van der Waals surface area contributed by atoms with Crippen molar-refractivity contribution in [1.82, 2.24) is 4.90 Å². The van der Waals surface area contributed by atoms with E-state index in [4.69, 9.17) is 0 Å². The molecule has 0 aromatic carbocycles. The second kappa shape index (κ2) is 13.7. The molecule has 1 aliphatic rings. The van der Waals surface area contributed by atoms with Gasteiger partial charge in [0, 0.05) is 0 Å². The Balaban J connectivity index is 0. The standard InChI is InChI=1S/C5H11N.C5H12.C4H8/c1-6-4-2-3-5-6;1-4-5(2)3;1-3-4-2/h2-5H2,1H3;5H,4H2,1-3H3;3H,1,4H2,2H3. The van der Waals surface area contributed by atoms with Gasteiger partial charge in [0.1, 0.15) is 0 Å². The third kappa shape index (κ3) is 19.9. The Hall–Kier alpha value is -0.300. The van der Waals surface area contributed by atoms with E-state index in [1.807, 2.05) is 6.08 Å². The Morgan fingerprint density at radius 1 is 1.20 bits per heavy atom. The summed E-state index contributed by atoms with van der Waals surface area (Å²) in [6.45, 7) is 14.8. The summed E-state index contributed by atoms with van der Waals surface area (Å²) in [4.78, 5) is 2.36. The number of allylic oxidation sites excluding steroid dienone is 1. The van der Waals surface area contributed by atoms with Crippen molar-refractivity contribution in [2.45, 2.75) is 53.4 Å². The lowest BCUT2D eigenvalue weighted by atomic mass is 10.2. The van der Waals surface area contributed by atoms with Crippen LogP contribution in [-0.2, 0) is 0 Å². The highest BCUT2D eigenvalue weighted by Crippen LogP contribution is 2.02. The van der Waals surface area contributed by atoms with Crippen molar-refractivity contribution in [1.29, 1.82) is 0 Å². The van der Waals surface area contributed by atoms with E-state index in [2.05, 4.69) is 46.2 Å². The smallest absolute Gasteiger partial charge is 0.00213 e. The van der Waals surface area contributed by atoms with Gasteiger partial charge >= 0.3 is 0 Å². The summed E-state index contributed by atoms with van der Waals surface area (Å²) in [5.74, 6) is 0.884. The topological polar surface area (TPSA) is 3.24 Å². The van der Waals surface area contributed by atoms with Gasteiger partial charge in [-0.25, -0.2) is 0 Å². The highest BCUT2D eigenvalue weighted by molar-refractivity contribution is 4.60. The molecule has 1 heterocycles. The molecule has 0 unspecified atom stereocenters. The SMILES string of the molecule is C=CCC.CCC(C)C.CN1CCCC1. The third-order valence-corrected chi connectivity index (χ3v) is 2.43. The van der Waals surface area contributed by atoms with Gasteiger partial charge in [-0.15, -0.1) is 6.58 Å². The maximum absolute atomic E-state index is 3.48. The fourth-order valence-electron chi connectivity index (χ4n) is 0.875. The van der Waals surface area contributed by atoms with Gasteiger partial charge in [0.05, 0.1) is 0 Å². The maximum atomic E-state index is 3.48. The van der Waals surface area contributed by atoms with Gasteiger partial charge in [0.2, 0.25) is 0 Å². The summed E-state index contributed by atoms with van der Waals surface area (Å²) in [7, 11) is 2.17. The van der Waals surface area contributed by atoms with Crippen molar-refractivity contribution in [3.8, 4) is 0 Å². The van der Waals surface area contributed by atoms with E-state index >= 15 is 0 Å². The van der Waals surface area contributed by atoms with Gasteiger partial charge in [0.25, 0.3) is 0 Å².